The fourth-order valence-electron chi connectivity index (χ4n) is 1.61. The molecule has 1 atom stereocenters. The lowest BCUT2D eigenvalue weighted by Crippen LogP contribution is -2.42. The van der Waals surface area contributed by atoms with Gasteiger partial charge in [0, 0.05) is 19.2 Å². The lowest BCUT2D eigenvalue weighted by molar-refractivity contribution is -0.115. The van der Waals surface area contributed by atoms with Crippen LogP contribution in [-0.4, -0.2) is 35.0 Å². The predicted molar refractivity (Wildman–Crippen MR) is 73.8 cm³/mol. The van der Waals surface area contributed by atoms with Crippen molar-refractivity contribution in [2.45, 2.75) is 31.1 Å². The second-order valence-electron chi connectivity index (χ2n) is 4.16. The van der Waals surface area contributed by atoms with Crippen LogP contribution in [0, 0.1) is 6.92 Å². The van der Waals surface area contributed by atoms with E-state index in [9.17, 15) is 8.42 Å². The molecular formula is C12H18ClNO4S. The van der Waals surface area contributed by atoms with Crippen LogP contribution in [0.25, 0.3) is 0 Å². The smallest absolute Gasteiger partial charge is 0.241 e. The van der Waals surface area contributed by atoms with Gasteiger partial charge in [0.1, 0.15) is 0 Å². The minimum Gasteiger partial charge on any atom is -0.354 e. The topological polar surface area (TPSA) is 64.6 Å². The molecule has 108 valence electrons. The third kappa shape index (κ3) is 4.15. The van der Waals surface area contributed by atoms with Gasteiger partial charge in [-0.2, -0.15) is 0 Å². The third-order valence-electron chi connectivity index (χ3n) is 2.67. The number of benzene rings is 1. The SMILES string of the molecule is COC(OC)C(C)NS(=O)(=O)c1ccc(C)c(Cl)c1. The number of rotatable bonds is 6. The highest BCUT2D eigenvalue weighted by molar-refractivity contribution is 7.89. The summed E-state index contributed by atoms with van der Waals surface area (Å²) in [5.74, 6) is 0. The van der Waals surface area contributed by atoms with E-state index in [1.165, 1.54) is 26.4 Å². The van der Waals surface area contributed by atoms with Gasteiger partial charge in [-0.25, -0.2) is 13.1 Å². The fraction of sp³-hybridized carbons (Fsp3) is 0.500. The molecule has 7 heteroatoms. The van der Waals surface area contributed by atoms with Gasteiger partial charge < -0.3 is 9.47 Å². The lowest BCUT2D eigenvalue weighted by Gasteiger charge is -2.22. The third-order valence-corrected chi connectivity index (χ3v) is 4.63. The Morgan fingerprint density at radius 3 is 2.32 bits per heavy atom. The summed E-state index contributed by atoms with van der Waals surface area (Å²) in [6, 6.07) is 4.05. The summed E-state index contributed by atoms with van der Waals surface area (Å²) in [6.07, 6.45) is -0.657. The Balaban J connectivity index is 2.95. The summed E-state index contributed by atoms with van der Waals surface area (Å²) >= 11 is 5.93. The van der Waals surface area contributed by atoms with Crippen LogP contribution in [0.3, 0.4) is 0 Å². The first-order valence-electron chi connectivity index (χ1n) is 5.66. The molecule has 0 saturated carbocycles. The molecule has 0 aromatic heterocycles. The highest BCUT2D eigenvalue weighted by Gasteiger charge is 2.23. The van der Waals surface area contributed by atoms with Crippen LogP contribution in [-0.2, 0) is 19.5 Å². The normalized spacial score (nSPS) is 13.8. The predicted octanol–water partition coefficient (Wildman–Crippen LogP) is 1.93. The van der Waals surface area contributed by atoms with Crippen molar-refractivity contribution < 1.29 is 17.9 Å². The molecule has 5 nitrogen and oxygen atoms in total. The second-order valence-corrected chi connectivity index (χ2v) is 6.28. The Labute approximate surface area is 118 Å². The molecule has 1 aromatic rings. The Hall–Kier alpha value is -0.660. The number of ether oxygens (including phenoxy) is 2. The van der Waals surface area contributed by atoms with E-state index >= 15 is 0 Å². The zero-order chi connectivity index (χ0) is 14.6. The molecule has 1 unspecified atom stereocenters. The van der Waals surface area contributed by atoms with Crippen LogP contribution in [0.5, 0.6) is 0 Å². The highest BCUT2D eigenvalue weighted by atomic mass is 35.5. The number of hydrogen-bond donors (Lipinski definition) is 1. The Morgan fingerprint density at radius 2 is 1.84 bits per heavy atom. The fourth-order valence-corrected chi connectivity index (χ4v) is 3.12. The van der Waals surface area contributed by atoms with E-state index in [2.05, 4.69) is 4.72 Å². The van der Waals surface area contributed by atoms with Gasteiger partial charge in [0.15, 0.2) is 6.29 Å². The molecule has 0 radical (unpaired) electrons. The summed E-state index contributed by atoms with van der Waals surface area (Å²) in [5, 5.41) is 0.408. The van der Waals surface area contributed by atoms with Crippen LogP contribution in [0.2, 0.25) is 5.02 Å². The number of sulfonamides is 1. The monoisotopic (exact) mass is 307 g/mol. The van der Waals surface area contributed by atoms with Crippen LogP contribution >= 0.6 is 11.6 Å². The number of aryl methyl sites for hydroxylation is 1. The average Bonchev–Trinajstić information content (AvgIpc) is 2.33. The second kappa shape index (κ2) is 6.67. The summed E-state index contributed by atoms with van der Waals surface area (Å²) in [5.41, 5.74) is 0.820. The van der Waals surface area contributed by atoms with Crippen LogP contribution < -0.4 is 4.72 Å². The molecule has 0 spiro atoms. The van der Waals surface area contributed by atoms with Crippen molar-refractivity contribution in [1.82, 2.24) is 4.72 Å². The molecule has 1 rings (SSSR count). The number of methoxy groups -OCH3 is 2. The summed E-state index contributed by atoms with van der Waals surface area (Å²) in [4.78, 5) is 0.112. The van der Waals surface area contributed by atoms with Gasteiger partial charge >= 0.3 is 0 Å². The van der Waals surface area contributed by atoms with E-state index in [1.807, 2.05) is 0 Å². The van der Waals surface area contributed by atoms with Gasteiger partial charge in [-0.15, -0.1) is 0 Å². The Morgan fingerprint density at radius 1 is 1.26 bits per heavy atom. The maximum atomic E-state index is 12.2. The Kier molecular flexibility index (Phi) is 5.76. The van der Waals surface area contributed by atoms with Crippen molar-refractivity contribution in [3.05, 3.63) is 28.8 Å². The lowest BCUT2D eigenvalue weighted by atomic mass is 10.2. The molecule has 1 N–H and O–H groups in total. The van der Waals surface area contributed by atoms with E-state index in [4.69, 9.17) is 21.1 Å². The molecule has 0 fully saturated rings. The molecular weight excluding hydrogens is 290 g/mol. The zero-order valence-corrected chi connectivity index (χ0v) is 12.9. The van der Waals surface area contributed by atoms with E-state index in [0.717, 1.165) is 5.56 Å². The van der Waals surface area contributed by atoms with Gasteiger partial charge in [-0.05, 0) is 31.5 Å². The quantitative estimate of drug-likeness (QED) is 0.816. The molecule has 0 bridgehead atoms. The van der Waals surface area contributed by atoms with Crippen molar-refractivity contribution in [2.24, 2.45) is 0 Å². The van der Waals surface area contributed by atoms with E-state index in [1.54, 1.807) is 19.9 Å². The first-order chi connectivity index (χ1) is 8.81. The van der Waals surface area contributed by atoms with Gasteiger partial charge in [-0.3, -0.25) is 0 Å². The van der Waals surface area contributed by atoms with E-state index < -0.39 is 22.4 Å². The van der Waals surface area contributed by atoms with E-state index in [0.29, 0.717) is 5.02 Å². The van der Waals surface area contributed by atoms with Crippen molar-refractivity contribution in [3.8, 4) is 0 Å². The molecule has 0 heterocycles. The summed E-state index contributed by atoms with van der Waals surface area (Å²) in [6.45, 7) is 3.46. The number of hydrogen-bond acceptors (Lipinski definition) is 4. The summed E-state index contributed by atoms with van der Waals surface area (Å²) in [7, 11) is -0.766. The van der Waals surface area contributed by atoms with Crippen LogP contribution in [0.1, 0.15) is 12.5 Å². The van der Waals surface area contributed by atoms with Crippen LogP contribution in [0.15, 0.2) is 23.1 Å². The number of halogens is 1. The van der Waals surface area contributed by atoms with Gasteiger partial charge in [0.25, 0.3) is 0 Å². The first-order valence-corrected chi connectivity index (χ1v) is 7.52. The minimum absolute atomic E-state index is 0.112. The van der Waals surface area contributed by atoms with Crippen molar-refractivity contribution >= 4 is 21.6 Å². The molecule has 0 aliphatic heterocycles. The molecule has 0 saturated heterocycles. The molecule has 19 heavy (non-hydrogen) atoms. The van der Waals surface area contributed by atoms with Crippen molar-refractivity contribution in [3.63, 3.8) is 0 Å². The first kappa shape index (κ1) is 16.4. The van der Waals surface area contributed by atoms with Gasteiger partial charge in [-0.1, -0.05) is 17.7 Å². The van der Waals surface area contributed by atoms with Crippen molar-refractivity contribution in [1.29, 1.82) is 0 Å². The molecule has 0 aliphatic rings. The molecule has 0 amide bonds. The zero-order valence-electron chi connectivity index (χ0n) is 11.3. The van der Waals surface area contributed by atoms with Crippen molar-refractivity contribution in [2.75, 3.05) is 14.2 Å². The molecule has 0 aliphatic carbocycles. The largest absolute Gasteiger partial charge is 0.354 e. The maximum Gasteiger partial charge on any atom is 0.241 e. The average molecular weight is 308 g/mol. The molecule has 1 aromatic carbocycles. The van der Waals surface area contributed by atoms with Gasteiger partial charge in [0.2, 0.25) is 10.0 Å². The van der Waals surface area contributed by atoms with Gasteiger partial charge in [0.05, 0.1) is 10.9 Å². The highest BCUT2D eigenvalue weighted by Crippen LogP contribution is 2.20. The van der Waals surface area contributed by atoms with Crippen LogP contribution in [0.4, 0.5) is 0 Å². The van der Waals surface area contributed by atoms with E-state index in [-0.39, 0.29) is 4.90 Å². The minimum atomic E-state index is -3.66. The maximum absolute atomic E-state index is 12.2. The number of nitrogens with one attached hydrogen (secondary N) is 1. The Bertz CT molecular complexity index is 529. The standard InChI is InChI=1S/C12H18ClNO4S/c1-8-5-6-10(7-11(8)13)19(15,16)14-9(2)12(17-3)18-4/h5-7,9,12,14H,1-4H3. The summed E-state index contributed by atoms with van der Waals surface area (Å²) < 4.78 is 36.8.